The van der Waals surface area contributed by atoms with Crippen molar-refractivity contribution >= 4 is 23.0 Å². The molecule has 2 atom stereocenters. The largest absolute Gasteiger partial charge is 0.351 e. The number of benzene rings is 2. The number of pyridine rings is 1. The first-order valence-electron chi connectivity index (χ1n) is 10.7. The topological polar surface area (TPSA) is 33.1 Å². The number of aromatic nitrogens is 2. The molecule has 33 heavy (non-hydrogen) atoms. The van der Waals surface area contributed by atoms with Gasteiger partial charge in [0.2, 0.25) is 0 Å². The van der Waals surface area contributed by atoms with Crippen LogP contribution < -0.4 is 10.2 Å². The molecule has 5 rings (SSSR count). The highest BCUT2D eigenvalue weighted by atomic mass is 32.1. The SMILES string of the molecule is Cc1cc([C@H]2[C@@H](c3ccccn3)NC(=S)N2c2ccccc2F)c(C)n1-c1cccc(F)c1. The second-order valence-electron chi connectivity index (χ2n) is 8.09. The third-order valence-corrected chi connectivity index (χ3v) is 6.38. The minimum absolute atomic E-state index is 0.292. The van der Waals surface area contributed by atoms with E-state index in [9.17, 15) is 8.78 Å². The number of rotatable bonds is 4. The zero-order chi connectivity index (χ0) is 23.1. The van der Waals surface area contributed by atoms with Gasteiger partial charge in [-0.25, -0.2) is 8.78 Å². The maximum atomic E-state index is 14.9. The molecule has 7 heteroatoms. The van der Waals surface area contributed by atoms with Gasteiger partial charge in [-0.2, -0.15) is 0 Å². The van der Waals surface area contributed by atoms with Gasteiger partial charge in [-0.1, -0.05) is 24.3 Å². The Kier molecular flexibility index (Phi) is 5.42. The predicted octanol–water partition coefficient (Wildman–Crippen LogP) is 5.94. The van der Waals surface area contributed by atoms with Crippen molar-refractivity contribution in [3.05, 3.63) is 113 Å². The van der Waals surface area contributed by atoms with Gasteiger partial charge < -0.3 is 14.8 Å². The molecule has 2 aromatic carbocycles. The number of para-hydroxylation sites is 1. The lowest BCUT2D eigenvalue weighted by atomic mass is 9.96. The maximum absolute atomic E-state index is 14.9. The summed E-state index contributed by atoms with van der Waals surface area (Å²) < 4.78 is 30.9. The number of nitrogens with one attached hydrogen (secondary N) is 1. The molecule has 1 fully saturated rings. The van der Waals surface area contributed by atoms with Crippen LogP contribution >= 0.6 is 12.2 Å². The number of halogens is 2. The first kappa shape index (κ1) is 21.3. The zero-order valence-corrected chi connectivity index (χ0v) is 19.0. The van der Waals surface area contributed by atoms with E-state index >= 15 is 0 Å². The Morgan fingerprint density at radius 1 is 0.939 bits per heavy atom. The average Bonchev–Trinajstić information content (AvgIpc) is 3.30. The molecule has 1 aliphatic rings. The lowest BCUT2D eigenvalue weighted by Gasteiger charge is -2.28. The molecule has 0 bridgehead atoms. The van der Waals surface area contributed by atoms with Gasteiger partial charge in [0.1, 0.15) is 11.6 Å². The summed E-state index contributed by atoms with van der Waals surface area (Å²) in [4.78, 5) is 6.37. The van der Waals surface area contributed by atoms with Crippen molar-refractivity contribution in [3.63, 3.8) is 0 Å². The third-order valence-electron chi connectivity index (χ3n) is 6.07. The highest BCUT2D eigenvalue weighted by Crippen LogP contribution is 2.44. The summed E-state index contributed by atoms with van der Waals surface area (Å²) in [7, 11) is 0. The number of thiocarbonyl (C=S) groups is 1. The highest BCUT2D eigenvalue weighted by molar-refractivity contribution is 7.80. The van der Waals surface area contributed by atoms with E-state index in [1.807, 2.05) is 47.6 Å². The number of hydrogen-bond donors (Lipinski definition) is 1. The van der Waals surface area contributed by atoms with E-state index in [0.717, 1.165) is 28.3 Å². The van der Waals surface area contributed by atoms with Gasteiger partial charge in [-0.05, 0) is 80.2 Å². The molecular formula is C26H22F2N4S. The molecule has 0 aliphatic carbocycles. The van der Waals surface area contributed by atoms with Crippen LogP contribution in [0.4, 0.5) is 14.5 Å². The summed E-state index contributed by atoms with van der Waals surface area (Å²) >= 11 is 5.69. The summed E-state index contributed by atoms with van der Waals surface area (Å²) in [6.45, 7) is 3.97. The van der Waals surface area contributed by atoms with Crippen LogP contribution in [-0.2, 0) is 0 Å². The summed E-state index contributed by atoms with van der Waals surface area (Å²) in [5, 5.41) is 3.79. The van der Waals surface area contributed by atoms with Crippen LogP contribution in [0.15, 0.2) is 79.0 Å². The third kappa shape index (κ3) is 3.68. The Bertz CT molecular complexity index is 1340. The minimum atomic E-state index is -0.354. The highest BCUT2D eigenvalue weighted by Gasteiger charge is 2.43. The van der Waals surface area contributed by atoms with E-state index in [4.69, 9.17) is 12.2 Å². The van der Waals surface area contributed by atoms with E-state index in [2.05, 4.69) is 16.4 Å². The first-order chi connectivity index (χ1) is 16.0. The number of hydrogen-bond acceptors (Lipinski definition) is 2. The average molecular weight is 461 g/mol. The monoisotopic (exact) mass is 460 g/mol. The van der Waals surface area contributed by atoms with E-state index < -0.39 is 0 Å². The Labute approximate surface area is 196 Å². The second kappa shape index (κ2) is 8.41. The number of nitrogens with zero attached hydrogens (tertiary/aromatic N) is 3. The van der Waals surface area contributed by atoms with Gasteiger partial charge in [-0.3, -0.25) is 4.98 Å². The van der Waals surface area contributed by atoms with Crippen molar-refractivity contribution in [2.24, 2.45) is 0 Å². The van der Waals surface area contributed by atoms with Crippen LogP contribution in [0.2, 0.25) is 0 Å². The van der Waals surface area contributed by atoms with Crippen molar-refractivity contribution in [2.45, 2.75) is 25.9 Å². The molecule has 0 radical (unpaired) electrons. The van der Waals surface area contributed by atoms with Crippen molar-refractivity contribution in [3.8, 4) is 5.69 Å². The lowest BCUT2D eigenvalue weighted by molar-refractivity contribution is 0.556. The predicted molar refractivity (Wildman–Crippen MR) is 130 cm³/mol. The summed E-state index contributed by atoms with van der Waals surface area (Å²) in [5.41, 5.74) is 4.77. The second-order valence-corrected chi connectivity index (χ2v) is 8.48. The van der Waals surface area contributed by atoms with Crippen LogP contribution in [0.5, 0.6) is 0 Å². The molecule has 2 aromatic heterocycles. The van der Waals surface area contributed by atoms with E-state index in [1.54, 1.807) is 30.5 Å². The molecule has 4 nitrogen and oxygen atoms in total. The molecule has 1 aliphatic heterocycles. The fraction of sp³-hybridized carbons (Fsp3) is 0.154. The number of anilines is 1. The van der Waals surface area contributed by atoms with Gasteiger partial charge in [0.05, 0.1) is 23.5 Å². The quantitative estimate of drug-likeness (QED) is 0.382. The zero-order valence-electron chi connectivity index (χ0n) is 18.2. The molecule has 1 saturated heterocycles. The van der Waals surface area contributed by atoms with Gasteiger partial charge in [0.15, 0.2) is 5.11 Å². The Balaban J connectivity index is 1.70. The van der Waals surface area contributed by atoms with Crippen LogP contribution in [0.3, 0.4) is 0 Å². The number of aryl methyl sites for hydroxylation is 1. The Hall–Kier alpha value is -3.58. The van der Waals surface area contributed by atoms with Crippen LogP contribution in [0.25, 0.3) is 5.69 Å². The fourth-order valence-electron chi connectivity index (χ4n) is 4.68. The molecule has 0 spiro atoms. The normalized spacial score (nSPS) is 17.9. The lowest BCUT2D eigenvalue weighted by Crippen LogP contribution is -2.30. The maximum Gasteiger partial charge on any atom is 0.174 e. The Morgan fingerprint density at radius 3 is 2.45 bits per heavy atom. The molecule has 4 aromatic rings. The van der Waals surface area contributed by atoms with Crippen LogP contribution in [0.1, 0.15) is 34.7 Å². The molecular weight excluding hydrogens is 438 g/mol. The molecule has 0 saturated carbocycles. The summed E-state index contributed by atoms with van der Waals surface area (Å²) in [6, 6.07) is 20.2. The van der Waals surface area contributed by atoms with Crippen molar-refractivity contribution in [1.82, 2.24) is 14.9 Å². The standard InChI is InChI=1S/C26H22F2N4S/c1-16-14-20(17(2)31(16)19-9-7-8-18(27)15-19)25-24(22-11-5-6-13-29-22)30-26(33)32(25)23-12-4-3-10-21(23)28/h3-15,24-25H,1-2H3,(H,30,33)/t24-,25+/m1/s1. The van der Waals surface area contributed by atoms with Gasteiger partial charge in [0.25, 0.3) is 0 Å². The smallest absolute Gasteiger partial charge is 0.174 e. The van der Waals surface area contributed by atoms with Gasteiger partial charge >= 0.3 is 0 Å². The summed E-state index contributed by atoms with van der Waals surface area (Å²) in [6.07, 6.45) is 1.74. The van der Waals surface area contributed by atoms with Crippen molar-refractivity contribution < 1.29 is 8.78 Å². The molecule has 1 N–H and O–H groups in total. The van der Waals surface area contributed by atoms with Gasteiger partial charge in [-0.15, -0.1) is 0 Å². The molecule has 3 heterocycles. The fourth-order valence-corrected chi connectivity index (χ4v) is 5.02. The van der Waals surface area contributed by atoms with Crippen molar-refractivity contribution in [1.29, 1.82) is 0 Å². The van der Waals surface area contributed by atoms with Crippen LogP contribution in [-0.4, -0.2) is 14.7 Å². The molecule has 0 unspecified atom stereocenters. The van der Waals surface area contributed by atoms with Crippen LogP contribution in [0, 0.1) is 25.5 Å². The van der Waals surface area contributed by atoms with E-state index in [-0.39, 0.29) is 23.7 Å². The molecule has 166 valence electrons. The summed E-state index contributed by atoms with van der Waals surface area (Å²) in [5.74, 6) is -0.656. The first-order valence-corrected chi connectivity index (χ1v) is 11.1. The van der Waals surface area contributed by atoms with Gasteiger partial charge in [0, 0.05) is 23.3 Å². The van der Waals surface area contributed by atoms with E-state index in [0.29, 0.717) is 10.8 Å². The van der Waals surface area contributed by atoms with Crippen molar-refractivity contribution in [2.75, 3.05) is 4.90 Å². The minimum Gasteiger partial charge on any atom is -0.351 e. The van der Waals surface area contributed by atoms with E-state index in [1.165, 1.54) is 18.2 Å². The Morgan fingerprint density at radius 2 is 1.73 bits per heavy atom. The molecule has 0 amide bonds.